The summed E-state index contributed by atoms with van der Waals surface area (Å²) in [6.07, 6.45) is 2.90. The first-order valence-electron chi connectivity index (χ1n) is 5.17. The molecule has 6 heteroatoms. The second-order valence-electron chi connectivity index (χ2n) is 3.85. The molecular weight excluding hydrogens is 230 g/mol. The van der Waals surface area contributed by atoms with Crippen molar-refractivity contribution >= 4 is 17.4 Å². The average Bonchev–Trinajstić information content (AvgIpc) is 2.28. The van der Waals surface area contributed by atoms with Gasteiger partial charge in [0.1, 0.15) is 11.3 Å². The number of hydrogen-bond acceptors (Lipinski definition) is 5. The largest absolute Gasteiger partial charge is 0.394 e. The molecule has 2 atom stereocenters. The van der Waals surface area contributed by atoms with Crippen LogP contribution in [0.4, 0.5) is 5.82 Å². The van der Waals surface area contributed by atoms with Gasteiger partial charge in [0.05, 0.1) is 25.0 Å². The number of morpholine rings is 1. The molecule has 1 N–H and O–H groups in total. The number of ether oxygens (including phenoxy) is 1. The monoisotopic (exact) mass is 243 g/mol. The van der Waals surface area contributed by atoms with Crippen molar-refractivity contribution < 1.29 is 9.84 Å². The van der Waals surface area contributed by atoms with Crippen LogP contribution in [0.15, 0.2) is 12.5 Å². The standard InChI is InChI=1S/C10H14ClN3O2/c1-7-3-14(4-8(5-15)16-7)10-9(11)2-12-6-13-10/h2,6-8,15H,3-5H2,1H3. The Hall–Kier alpha value is -0.910. The Morgan fingerprint density at radius 3 is 3.12 bits per heavy atom. The summed E-state index contributed by atoms with van der Waals surface area (Å²) in [7, 11) is 0. The second-order valence-corrected chi connectivity index (χ2v) is 4.26. The topological polar surface area (TPSA) is 58.5 Å². The molecular formula is C10H14ClN3O2. The fourth-order valence-electron chi connectivity index (χ4n) is 1.86. The van der Waals surface area contributed by atoms with Gasteiger partial charge in [-0.1, -0.05) is 11.6 Å². The van der Waals surface area contributed by atoms with E-state index in [4.69, 9.17) is 21.4 Å². The molecule has 1 saturated heterocycles. The van der Waals surface area contributed by atoms with Crippen LogP contribution >= 0.6 is 11.6 Å². The van der Waals surface area contributed by atoms with Gasteiger partial charge in [0, 0.05) is 13.1 Å². The van der Waals surface area contributed by atoms with Crippen LogP contribution < -0.4 is 4.90 Å². The Labute approximate surface area is 99.0 Å². The van der Waals surface area contributed by atoms with Crippen molar-refractivity contribution in [2.24, 2.45) is 0 Å². The zero-order chi connectivity index (χ0) is 11.5. The van der Waals surface area contributed by atoms with E-state index >= 15 is 0 Å². The number of nitrogens with zero attached hydrogens (tertiary/aromatic N) is 3. The van der Waals surface area contributed by atoms with Crippen LogP contribution in [0.25, 0.3) is 0 Å². The number of aromatic nitrogens is 2. The molecule has 2 unspecified atom stereocenters. The molecule has 5 nitrogen and oxygen atoms in total. The maximum absolute atomic E-state index is 9.13. The lowest BCUT2D eigenvalue weighted by atomic mass is 10.2. The van der Waals surface area contributed by atoms with Crippen LogP contribution in [0.3, 0.4) is 0 Å². The highest BCUT2D eigenvalue weighted by molar-refractivity contribution is 6.32. The number of aliphatic hydroxyl groups is 1. The Morgan fingerprint density at radius 2 is 2.44 bits per heavy atom. The maximum Gasteiger partial charge on any atom is 0.151 e. The predicted octanol–water partition coefficient (Wildman–Crippen LogP) is 0.716. The molecule has 0 bridgehead atoms. The third-order valence-electron chi connectivity index (χ3n) is 2.48. The van der Waals surface area contributed by atoms with Crippen molar-refractivity contribution in [1.82, 2.24) is 9.97 Å². The zero-order valence-corrected chi connectivity index (χ0v) is 9.76. The molecule has 0 spiro atoms. The smallest absolute Gasteiger partial charge is 0.151 e. The Bertz CT molecular complexity index is 364. The van der Waals surface area contributed by atoms with Crippen LogP contribution in [0, 0.1) is 0 Å². The van der Waals surface area contributed by atoms with Gasteiger partial charge in [0.25, 0.3) is 0 Å². The normalized spacial score (nSPS) is 25.8. The van der Waals surface area contributed by atoms with Crippen molar-refractivity contribution in [3.63, 3.8) is 0 Å². The summed E-state index contributed by atoms with van der Waals surface area (Å²) < 4.78 is 5.55. The molecule has 1 aliphatic heterocycles. The average molecular weight is 244 g/mol. The van der Waals surface area contributed by atoms with Gasteiger partial charge in [-0.3, -0.25) is 0 Å². The van der Waals surface area contributed by atoms with E-state index < -0.39 is 0 Å². The Balaban J connectivity index is 2.17. The lowest BCUT2D eigenvalue weighted by Gasteiger charge is -2.36. The van der Waals surface area contributed by atoms with Crippen molar-refractivity contribution in [2.45, 2.75) is 19.1 Å². The number of anilines is 1. The highest BCUT2D eigenvalue weighted by Gasteiger charge is 2.26. The first kappa shape index (κ1) is 11.6. The van der Waals surface area contributed by atoms with E-state index in [0.29, 0.717) is 23.9 Å². The summed E-state index contributed by atoms with van der Waals surface area (Å²) in [6.45, 7) is 3.28. The van der Waals surface area contributed by atoms with E-state index in [9.17, 15) is 0 Å². The molecule has 0 aromatic carbocycles. The lowest BCUT2D eigenvalue weighted by Crippen LogP contribution is -2.48. The minimum Gasteiger partial charge on any atom is -0.394 e. The number of rotatable bonds is 2. The van der Waals surface area contributed by atoms with E-state index in [-0.39, 0.29) is 18.8 Å². The van der Waals surface area contributed by atoms with E-state index in [2.05, 4.69) is 9.97 Å². The Kier molecular flexibility index (Phi) is 3.58. The number of aliphatic hydroxyl groups excluding tert-OH is 1. The minimum atomic E-state index is -0.185. The summed E-state index contributed by atoms with van der Waals surface area (Å²) in [5, 5.41) is 9.65. The van der Waals surface area contributed by atoms with Crippen molar-refractivity contribution in [2.75, 3.05) is 24.6 Å². The fourth-order valence-corrected chi connectivity index (χ4v) is 2.08. The minimum absolute atomic E-state index is 0.00351. The molecule has 0 saturated carbocycles. The SMILES string of the molecule is CC1CN(c2ncncc2Cl)CC(CO)O1. The van der Waals surface area contributed by atoms with E-state index in [0.717, 1.165) is 0 Å². The number of halogens is 1. The van der Waals surface area contributed by atoms with Crippen LogP contribution in [0.2, 0.25) is 5.02 Å². The predicted molar refractivity (Wildman–Crippen MR) is 60.7 cm³/mol. The van der Waals surface area contributed by atoms with Crippen molar-refractivity contribution in [3.8, 4) is 0 Å². The van der Waals surface area contributed by atoms with Gasteiger partial charge >= 0.3 is 0 Å². The summed E-state index contributed by atoms with van der Waals surface area (Å²) in [6, 6.07) is 0. The van der Waals surface area contributed by atoms with Gasteiger partial charge < -0.3 is 14.7 Å². The highest BCUT2D eigenvalue weighted by atomic mass is 35.5. The molecule has 0 aliphatic carbocycles. The summed E-state index contributed by atoms with van der Waals surface area (Å²) in [5.74, 6) is 0.699. The molecule has 0 radical (unpaired) electrons. The number of hydrogen-bond donors (Lipinski definition) is 1. The quantitative estimate of drug-likeness (QED) is 0.829. The summed E-state index contributed by atoms with van der Waals surface area (Å²) in [5.41, 5.74) is 0. The van der Waals surface area contributed by atoms with Crippen LogP contribution in [-0.2, 0) is 4.74 Å². The zero-order valence-electron chi connectivity index (χ0n) is 9.01. The molecule has 1 aromatic rings. The van der Waals surface area contributed by atoms with Gasteiger partial charge in [-0.15, -0.1) is 0 Å². The van der Waals surface area contributed by atoms with Crippen LogP contribution in [0.5, 0.6) is 0 Å². The van der Waals surface area contributed by atoms with E-state index in [1.165, 1.54) is 6.33 Å². The van der Waals surface area contributed by atoms with Crippen molar-refractivity contribution in [3.05, 3.63) is 17.5 Å². The Morgan fingerprint density at radius 1 is 1.62 bits per heavy atom. The van der Waals surface area contributed by atoms with Gasteiger partial charge in [-0.25, -0.2) is 9.97 Å². The molecule has 2 heterocycles. The van der Waals surface area contributed by atoms with Crippen LogP contribution in [-0.4, -0.2) is 47.0 Å². The third-order valence-corrected chi connectivity index (χ3v) is 2.74. The van der Waals surface area contributed by atoms with Crippen LogP contribution in [0.1, 0.15) is 6.92 Å². The van der Waals surface area contributed by atoms with E-state index in [1.807, 2.05) is 11.8 Å². The fraction of sp³-hybridized carbons (Fsp3) is 0.600. The maximum atomic E-state index is 9.13. The highest BCUT2D eigenvalue weighted by Crippen LogP contribution is 2.24. The first-order valence-corrected chi connectivity index (χ1v) is 5.55. The lowest BCUT2D eigenvalue weighted by molar-refractivity contribution is -0.0423. The second kappa shape index (κ2) is 4.95. The molecule has 1 fully saturated rings. The van der Waals surface area contributed by atoms with Gasteiger partial charge in [0.2, 0.25) is 0 Å². The van der Waals surface area contributed by atoms with Crippen molar-refractivity contribution in [1.29, 1.82) is 0 Å². The third kappa shape index (κ3) is 2.42. The molecule has 1 aromatic heterocycles. The van der Waals surface area contributed by atoms with E-state index in [1.54, 1.807) is 6.20 Å². The molecule has 16 heavy (non-hydrogen) atoms. The molecule has 2 rings (SSSR count). The summed E-state index contributed by atoms with van der Waals surface area (Å²) >= 11 is 6.03. The first-order chi connectivity index (χ1) is 7.70. The molecule has 88 valence electrons. The molecule has 1 aliphatic rings. The van der Waals surface area contributed by atoms with Gasteiger partial charge in [-0.2, -0.15) is 0 Å². The van der Waals surface area contributed by atoms with Gasteiger partial charge in [0.15, 0.2) is 5.82 Å². The van der Waals surface area contributed by atoms with Gasteiger partial charge in [-0.05, 0) is 6.92 Å². The molecule has 0 amide bonds. The summed E-state index contributed by atoms with van der Waals surface area (Å²) in [4.78, 5) is 10.0.